The van der Waals surface area contributed by atoms with E-state index in [1.807, 2.05) is 0 Å². The van der Waals surface area contributed by atoms with Crippen molar-refractivity contribution in [2.45, 2.75) is 13.0 Å². The Kier molecular flexibility index (Phi) is 3.26. The fraction of sp³-hybridized carbons (Fsp3) is 0.333. The van der Waals surface area contributed by atoms with Crippen molar-refractivity contribution >= 4 is 5.91 Å². The zero-order valence-corrected chi connectivity index (χ0v) is 7.78. The third-order valence-corrected chi connectivity index (χ3v) is 1.50. The standard InChI is InChI=1S/C9H11N3O2/c1-3-4-11-8(13)7-5-14-9(12-7)6(2)10/h1,5-6H,4,10H2,2H3,(H,11,13). The van der Waals surface area contributed by atoms with Gasteiger partial charge in [0.25, 0.3) is 5.91 Å². The number of amides is 1. The Bertz CT molecular complexity index is 362. The molecule has 5 heteroatoms. The Morgan fingerprint density at radius 3 is 3.14 bits per heavy atom. The lowest BCUT2D eigenvalue weighted by atomic mass is 10.4. The first-order valence-electron chi connectivity index (χ1n) is 4.07. The molecule has 3 N–H and O–H groups in total. The van der Waals surface area contributed by atoms with Crippen LogP contribution in [0.25, 0.3) is 0 Å². The average molecular weight is 193 g/mol. The summed E-state index contributed by atoms with van der Waals surface area (Å²) in [5.74, 6) is 2.25. The lowest BCUT2D eigenvalue weighted by Gasteiger charge is -1.96. The van der Waals surface area contributed by atoms with Crippen LogP contribution in [0.1, 0.15) is 29.3 Å². The molecule has 74 valence electrons. The van der Waals surface area contributed by atoms with Gasteiger partial charge in [-0.3, -0.25) is 4.79 Å². The topological polar surface area (TPSA) is 81.2 Å². The summed E-state index contributed by atoms with van der Waals surface area (Å²) in [5, 5.41) is 2.46. The molecule has 0 bridgehead atoms. The van der Waals surface area contributed by atoms with Gasteiger partial charge >= 0.3 is 0 Å². The molecule has 0 saturated carbocycles. The van der Waals surface area contributed by atoms with Crippen molar-refractivity contribution in [2.75, 3.05) is 6.54 Å². The van der Waals surface area contributed by atoms with Gasteiger partial charge in [0.2, 0.25) is 5.89 Å². The number of terminal acetylenes is 1. The van der Waals surface area contributed by atoms with Crippen molar-refractivity contribution in [1.29, 1.82) is 0 Å². The van der Waals surface area contributed by atoms with Gasteiger partial charge in [0, 0.05) is 0 Å². The SMILES string of the molecule is C#CCNC(=O)c1coc(C(C)N)n1. The number of carbonyl (C=O) groups is 1. The molecule has 0 saturated heterocycles. The first-order valence-corrected chi connectivity index (χ1v) is 4.07. The highest BCUT2D eigenvalue weighted by Gasteiger charge is 2.13. The normalized spacial score (nSPS) is 11.8. The molecule has 0 radical (unpaired) electrons. The molecular weight excluding hydrogens is 182 g/mol. The van der Waals surface area contributed by atoms with Gasteiger partial charge < -0.3 is 15.5 Å². The summed E-state index contributed by atoms with van der Waals surface area (Å²) in [7, 11) is 0. The van der Waals surface area contributed by atoms with Crippen LogP contribution in [0.4, 0.5) is 0 Å². The molecule has 0 aromatic carbocycles. The summed E-state index contributed by atoms with van der Waals surface area (Å²) in [6.07, 6.45) is 6.23. The van der Waals surface area contributed by atoms with E-state index in [0.29, 0.717) is 5.89 Å². The summed E-state index contributed by atoms with van der Waals surface area (Å²) in [6, 6.07) is -0.329. The van der Waals surface area contributed by atoms with Gasteiger partial charge in [0.05, 0.1) is 12.6 Å². The van der Waals surface area contributed by atoms with Crippen LogP contribution in [0.15, 0.2) is 10.7 Å². The van der Waals surface area contributed by atoms with Gasteiger partial charge in [-0.2, -0.15) is 0 Å². The molecule has 1 unspecified atom stereocenters. The predicted molar refractivity (Wildman–Crippen MR) is 50.3 cm³/mol. The van der Waals surface area contributed by atoms with Crippen LogP contribution in [0.5, 0.6) is 0 Å². The Labute approximate surface area is 81.7 Å². The minimum atomic E-state index is -0.362. The van der Waals surface area contributed by atoms with E-state index in [4.69, 9.17) is 16.6 Å². The molecule has 1 atom stereocenters. The quantitative estimate of drug-likeness (QED) is 0.665. The van der Waals surface area contributed by atoms with E-state index in [1.165, 1.54) is 6.26 Å². The van der Waals surface area contributed by atoms with Crippen LogP contribution in [0.3, 0.4) is 0 Å². The average Bonchev–Trinajstić information content (AvgIpc) is 2.62. The Hall–Kier alpha value is -1.80. The summed E-state index contributed by atoms with van der Waals surface area (Å²) in [6.45, 7) is 1.88. The third kappa shape index (κ3) is 2.34. The van der Waals surface area contributed by atoms with Crippen molar-refractivity contribution in [3.63, 3.8) is 0 Å². The van der Waals surface area contributed by atoms with Crippen molar-refractivity contribution in [3.05, 3.63) is 17.8 Å². The number of nitrogens with zero attached hydrogens (tertiary/aromatic N) is 1. The molecule has 0 spiro atoms. The Morgan fingerprint density at radius 1 is 1.93 bits per heavy atom. The highest BCUT2D eigenvalue weighted by atomic mass is 16.3. The molecule has 1 rings (SSSR count). The number of rotatable bonds is 3. The molecule has 1 heterocycles. The van der Waals surface area contributed by atoms with Gasteiger partial charge in [-0.1, -0.05) is 5.92 Å². The Balaban J connectivity index is 2.68. The van der Waals surface area contributed by atoms with Crippen LogP contribution >= 0.6 is 0 Å². The molecule has 1 aromatic heterocycles. The zero-order valence-electron chi connectivity index (χ0n) is 7.78. The molecule has 14 heavy (non-hydrogen) atoms. The molecule has 1 amide bonds. The Morgan fingerprint density at radius 2 is 2.64 bits per heavy atom. The van der Waals surface area contributed by atoms with E-state index in [2.05, 4.69) is 16.2 Å². The second-order valence-electron chi connectivity index (χ2n) is 2.75. The number of oxazole rings is 1. The first kappa shape index (κ1) is 10.3. The summed E-state index contributed by atoms with van der Waals surface area (Å²) >= 11 is 0. The smallest absolute Gasteiger partial charge is 0.273 e. The third-order valence-electron chi connectivity index (χ3n) is 1.50. The highest BCUT2D eigenvalue weighted by Crippen LogP contribution is 2.08. The van der Waals surface area contributed by atoms with E-state index in [1.54, 1.807) is 6.92 Å². The maximum atomic E-state index is 11.3. The second kappa shape index (κ2) is 4.44. The maximum absolute atomic E-state index is 11.3. The van der Waals surface area contributed by atoms with Crippen LogP contribution in [-0.4, -0.2) is 17.4 Å². The van der Waals surface area contributed by atoms with Gasteiger partial charge in [0.1, 0.15) is 6.26 Å². The molecule has 0 fully saturated rings. The molecule has 1 aromatic rings. The molecular formula is C9H11N3O2. The molecule has 0 aliphatic heterocycles. The number of aromatic nitrogens is 1. The fourth-order valence-corrected chi connectivity index (χ4v) is 0.823. The number of carbonyl (C=O) groups excluding carboxylic acids is 1. The summed E-state index contributed by atoms with van der Waals surface area (Å²) in [4.78, 5) is 15.2. The fourth-order valence-electron chi connectivity index (χ4n) is 0.823. The number of hydrogen-bond donors (Lipinski definition) is 2. The summed E-state index contributed by atoms with van der Waals surface area (Å²) < 4.78 is 4.98. The second-order valence-corrected chi connectivity index (χ2v) is 2.75. The summed E-state index contributed by atoms with van der Waals surface area (Å²) in [5.41, 5.74) is 5.69. The van der Waals surface area contributed by atoms with Crippen molar-refractivity contribution < 1.29 is 9.21 Å². The van der Waals surface area contributed by atoms with E-state index in [0.717, 1.165) is 0 Å². The highest BCUT2D eigenvalue weighted by molar-refractivity contribution is 5.92. The van der Waals surface area contributed by atoms with Gasteiger partial charge in [-0.25, -0.2) is 4.98 Å². The minimum absolute atomic E-state index is 0.166. The first-order chi connectivity index (χ1) is 6.65. The minimum Gasteiger partial charge on any atom is -0.446 e. The van der Waals surface area contributed by atoms with E-state index >= 15 is 0 Å². The van der Waals surface area contributed by atoms with Crippen molar-refractivity contribution in [1.82, 2.24) is 10.3 Å². The van der Waals surface area contributed by atoms with Crippen molar-refractivity contribution in [2.24, 2.45) is 5.73 Å². The van der Waals surface area contributed by atoms with E-state index in [9.17, 15) is 4.79 Å². The number of nitrogens with two attached hydrogens (primary N) is 1. The number of nitrogens with one attached hydrogen (secondary N) is 1. The molecule has 0 aliphatic carbocycles. The van der Waals surface area contributed by atoms with E-state index < -0.39 is 0 Å². The van der Waals surface area contributed by atoms with Crippen molar-refractivity contribution in [3.8, 4) is 12.3 Å². The number of hydrogen-bond acceptors (Lipinski definition) is 4. The van der Waals surface area contributed by atoms with Gasteiger partial charge in [-0.15, -0.1) is 6.42 Å². The maximum Gasteiger partial charge on any atom is 0.273 e. The van der Waals surface area contributed by atoms with Crippen LogP contribution in [0, 0.1) is 12.3 Å². The van der Waals surface area contributed by atoms with Crippen LogP contribution in [0.2, 0.25) is 0 Å². The monoisotopic (exact) mass is 193 g/mol. The lowest BCUT2D eigenvalue weighted by Crippen LogP contribution is -2.23. The lowest BCUT2D eigenvalue weighted by molar-refractivity contribution is 0.0953. The molecule has 0 aliphatic rings. The largest absolute Gasteiger partial charge is 0.446 e. The van der Waals surface area contributed by atoms with Gasteiger partial charge in [-0.05, 0) is 6.92 Å². The van der Waals surface area contributed by atoms with Crippen LogP contribution < -0.4 is 11.1 Å². The van der Waals surface area contributed by atoms with Crippen LogP contribution in [-0.2, 0) is 0 Å². The predicted octanol–water partition coefficient (Wildman–Crippen LogP) is 0.0573. The molecule has 5 nitrogen and oxygen atoms in total. The van der Waals surface area contributed by atoms with Gasteiger partial charge in [0.15, 0.2) is 5.69 Å². The zero-order chi connectivity index (χ0) is 10.6. The van der Waals surface area contributed by atoms with E-state index in [-0.39, 0.29) is 24.2 Å².